The predicted octanol–water partition coefficient (Wildman–Crippen LogP) is 5.91. The lowest BCUT2D eigenvalue weighted by Crippen LogP contribution is -2.35. The lowest BCUT2D eigenvalue weighted by molar-refractivity contribution is -0.138. The molecule has 178 valence electrons. The number of hydrogen-bond acceptors (Lipinski definition) is 2. The highest BCUT2D eigenvalue weighted by atomic mass is 35.5. The number of hydrogen-bond donors (Lipinski definition) is 0. The van der Waals surface area contributed by atoms with Crippen LogP contribution < -0.4 is 0 Å². The first-order chi connectivity index (χ1) is 15.6. The van der Waals surface area contributed by atoms with E-state index < -0.39 is 29.0 Å². The number of nitrogens with zero attached hydrogens (tertiary/aromatic N) is 3. The standard InChI is InChI=1S/C24H25ClF4N3O/c1-15-6-7-18(10-20(15)25)30-8-3-9-31-11-16-13-32(14-17(16)12-31)23(33)22-19(24(27,28)29)4-2-5-21(22)26/h2,4-7,10,16-17H,3,8-9,11-14H2,1H3/q-1. The molecular weight excluding hydrogens is 458 g/mol. The maximum Gasteiger partial charge on any atom is 0.417 e. The van der Waals surface area contributed by atoms with Crippen LogP contribution in [0.1, 0.15) is 27.9 Å². The van der Waals surface area contributed by atoms with Crippen molar-refractivity contribution < 1.29 is 22.4 Å². The Morgan fingerprint density at radius 2 is 1.82 bits per heavy atom. The molecule has 9 heteroatoms. The van der Waals surface area contributed by atoms with E-state index in [4.69, 9.17) is 11.6 Å². The molecule has 0 aliphatic carbocycles. The normalized spacial score (nSPS) is 20.8. The Morgan fingerprint density at radius 3 is 2.45 bits per heavy atom. The Hall–Kier alpha value is -2.32. The maximum atomic E-state index is 14.2. The van der Waals surface area contributed by atoms with E-state index in [9.17, 15) is 22.4 Å². The summed E-state index contributed by atoms with van der Waals surface area (Å²) in [6, 6.07) is 8.36. The monoisotopic (exact) mass is 482 g/mol. The van der Waals surface area contributed by atoms with E-state index in [1.807, 2.05) is 25.1 Å². The van der Waals surface area contributed by atoms with E-state index in [-0.39, 0.29) is 11.8 Å². The van der Waals surface area contributed by atoms with Crippen molar-refractivity contribution >= 4 is 23.2 Å². The first-order valence-electron chi connectivity index (χ1n) is 10.9. The van der Waals surface area contributed by atoms with Gasteiger partial charge in [-0.15, -0.1) is 12.2 Å². The number of likely N-dealkylation sites (tertiary alicyclic amines) is 2. The fourth-order valence-electron chi connectivity index (χ4n) is 4.76. The number of halogens is 5. The van der Waals surface area contributed by atoms with E-state index in [2.05, 4.69) is 10.2 Å². The first-order valence-corrected chi connectivity index (χ1v) is 11.3. The van der Waals surface area contributed by atoms with Crippen LogP contribution in [-0.4, -0.2) is 55.0 Å². The first kappa shape index (κ1) is 23.8. The quantitative estimate of drug-likeness (QED) is 0.379. The fraction of sp³-hybridized carbons (Fsp3) is 0.458. The topological polar surface area (TPSA) is 37.7 Å². The Kier molecular flexibility index (Phi) is 6.86. The van der Waals surface area contributed by atoms with Crippen molar-refractivity contribution in [1.29, 1.82) is 0 Å². The highest BCUT2D eigenvalue weighted by molar-refractivity contribution is 6.31. The van der Waals surface area contributed by atoms with Crippen molar-refractivity contribution in [2.24, 2.45) is 11.8 Å². The molecule has 2 fully saturated rings. The van der Waals surface area contributed by atoms with E-state index in [1.54, 1.807) is 0 Å². The van der Waals surface area contributed by atoms with Crippen molar-refractivity contribution in [3.63, 3.8) is 0 Å². The minimum absolute atomic E-state index is 0.183. The van der Waals surface area contributed by atoms with Gasteiger partial charge in [0.1, 0.15) is 5.82 Å². The van der Waals surface area contributed by atoms with Crippen LogP contribution in [0.15, 0.2) is 36.4 Å². The minimum atomic E-state index is -4.78. The molecule has 4 rings (SSSR count). The number of rotatable bonds is 6. The van der Waals surface area contributed by atoms with Gasteiger partial charge in [0, 0.05) is 31.2 Å². The molecule has 2 atom stereocenters. The highest BCUT2D eigenvalue weighted by Crippen LogP contribution is 2.36. The molecular formula is C24H25ClF4N3O-. The molecule has 0 N–H and O–H groups in total. The van der Waals surface area contributed by atoms with Crippen LogP contribution >= 0.6 is 11.6 Å². The summed E-state index contributed by atoms with van der Waals surface area (Å²) in [6.07, 6.45) is -3.91. The van der Waals surface area contributed by atoms with Crippen LogP contribution in [0.2, 0.25) is 5.02 Å². The smallest absolute Gasteiger partial charge is 0.417 e. The SMILES string of the molecule is Cc1ccc([N-]CCCN2CC3CN(C(=O)c4c(F)cccc4C(F)(F)F)CC3C2)cc1Cl. The molecule has 0 aromatic heterocycles. The molecule has 0 bridgehead atoms. The highest BCUT2D eigenvalue weighted by Gasteiger charge is 2.44. The van der Waals surface area contributed by atoms with Crippen LogP contribution in [0.25, 0.3) is 5.32 Å². The lowest BCUT2D eigenvalue weighted by atomic mass is 10.0. The number of alkyl halides is 3. The number of benzene rings is 2. The van der Waals surface area contributed by atoms with Crippen molar-refractivity contribution in [3.8, 4) is 0 Å². The molecule has 2 heterocycles. The van der Waals surface area contributed by atoms with Crippen LogP contribution in [0, 0.1) is 24.6 Å². The zero-order valence-electron chi connectivity index (χ0n) is 18.2. The second-order valence-electron chi connectivity index (χ2n) is 8.82. The summed E-state index contributed by atoms with van der Waals surface area (Å²) in [5, 5.41) is 5.25. The van der Waals surface area contributed by atoms with Gasteiger partial charge in [-0.05, 0) is 43.0 Å². The van der Waals surface area contributed by atoms with Crippen molar-refractivity contribution in [3.05, 3.63) is 69.2 Å². The van der Waals surface area contributed by atoms with Gasteiger partial charge in [0.25, 0.3) is 5.91 Å². The largest absolute Gasteiger partial charge is 0.684 e. The van der Waals surface area contributed by atoms with Gasteiger partial charge in [0.05, 0.1) is 11.1 Å². The summed E-state index contributed by atoms with van der Waals surface area (Å²) in [5.74, 6) is -1.64. The average Bonchev–Trinajstić information content (AvgIpc) is 3.31. The summed E-state index contributed by atoms with van der Waals surface area (Å²) in [7, 11) is 0. The van der Waals surface area contributed by atoms with Crippen molar-refractivity contribution in [2.45, 2.75) is 19.5 Å². The summed E-state index contributed by atoms with van der Waals surface area (Å²) in [5.41, 5.74) is -0.231. The van der Waals surface area contributed by atoms with Gasteiger partial charge in [-0.1, -0.05) is 42.3 Å². The maximum absolute atomic E-state index is 14.2. The van der Waals surface area contributed by atoms with Gasteiger partial charge in [-0.2, -0.15) is 13.2 Å². The van der Waals surface area contributed by atoms with E-state index in [0.717, 1.165) is 55.5 Å². The number of carbonyl (C=O) groups excluding carboxylic acids is 1. The van der Waals surface area contributed by atoms with Crippen LogP contribution in [0.4, 0.5) is 23.2 Å². The molecule has 2 aliphatic heterocycles. The molecule has 2 saturated heterocycles. The lowest BCUT2D eigenvalue weighted by Gasteiger charge is -2.25. The summed E-state index contributed by atoms with van der Waals surface area (Å²) in [6.45, 7) is 5.70. The van der Waals surface area contributed by atoms with E-state index in [1.165, 1.54) is 4.90 Å². The molecule has 2 aromatic carbocycles. The third kappa shape index (κ3) is 5.27. The molecule has 4 nitrogen and oxygen atoms in total. The van der Waals surface area contributed by atoms with Gasteiger partial charge in [0.2, 0.25) is 0 Å². The number of aryl methyl sites for hydroxylation is 1. The van der Waals surface area contributed by atoms with E-state index >= 15 is 0 Å². The van der Waals surface area contributed by atoms with Crippen LogP contribution in [0.3, 0.4) is 0 Å². The average molecular weight is 483 g/mol. The Bertz CT molecular complexity index is 1020. The Balaban J connectivity index is 1.28. The third-order valence-electron chi connectivity index (χ3n) is 6.46. The van der Waals surface area contributed by atoms with Crippen LogP contribution in [-0.2, 0) is 6.18 Å². The second kappa shape index (κ2) is 9.50. The third-order valence-corrected chi connectivity index (χ3v) is 6.87. The van der Waals surface area contributed by atoms with E-state index in [0.29, 0.717) is 24.7 Å². The predicted molar refractivity (Wildman–Crippen MR) is 119 cm³/mol. The summed E-state index contributed by atoms with van der Waals surface area (Å²) in [4.78, 5) is 16.5. The van der Waals surface area contributed by atoms with Gasteiger partial charge >= 0.3 is 6.18 Å². The molecule has 0 saturated carbocycles. The van der Waals surface area contributed by atoms with Gasteiger partial charge < -0.3 is 15.1 Å². The molecule has 2 aliphatic rings. The van der Waals surface area contributed by atoms with Gasteiger partial charge in [-0.3, -0.25) is 4.79 Å². The molecule has 0 radical (unpaired) electrons. The van der Waals surface area contributed by atoms with Crippen molar-refractivity contribution in [1.82, 2.24) is 9.80 Å². The minimum Gasteiger partial charge on any atom is -0.684 e. The van der Waals surface area contributed by atoms with Crippen LogP contribution in [0.5, 0.6) is 0 Å². The zero-order chi connectivity index (χ0) is 23.8. The summed E-state index contributed by atoms with van der Waals surface area (Å²) >= 11 is 6.12. The second-order valence-corrected chi connectivity index (χ2v) is 9.23. The molecule has 33 heavy (non-hydrogen) atoms. The Labute approximate surface area is 195 Å². The molecule has 1 amide bonds. The van der Waals surface area contributed by atoms with Crippen molar-refractivity contribution in [2.75, 3.05) is 39.3 Å². The number of amides is 1. The van der Waals surface area contributed by atoms with Gasteiger partial charge in [-0.25, -0.2) is 4.39 Å². The Morgan fingerprint density at radius 1 is 1.12 bits per heavy atom. The molecule has 2 unspecified atom stereocenters. The molecule has 2 aromatic rings. The number of carbonyl (C=O) groups is 1. The zero-order valence-corrected chi connectivity index (χ0v) is 19.0. The summed E-state index contributed by atoms with van der Waals surface area (Å²) < 4.78 is 54.1. The molecule has 0 spiro atoms. The number of fused-ring (bicyclic) bond motifs is 1. The fourth-order valence-corrected chi connectivity index (χ4v) is 4.93. The van der Waals surface area contributed by atoms with Gasteiger partial charge in [0.15, 0.2) is 0 Å².